The lowest BCUT2D eigenvalue weighted by Crippen LogP contribution is -2.50. The number of aliphatic imine (C=N–C) groups is 1. The maximum absolute atomic E-state index is 5.40. The number of benzene rings is 1. The van der Waals surface area contributed by atoms with E-state index in [0.717, 1.165) is 42.8 Å². The Kier molecular flexibility index (Phi) is 7.90. The monoisotopic (exact) mass is 435 g/mol. The van der Waals surface area contributed by atoms with Crippen molar-refractivity contribution < 1.29 is 14.2 Å². The van der Waals surface area contributed by atoms with Crippen LogP contribution in [0.25, 0.3) is 0 Å². The maximum atomic E-state index is 5.40. The fourth-order valence-electron chi connectivity index (χ4n) is 2.25. The molecule has 0 bridgehead atoms. The Morgan fingerprint density at radius 3 is 2.52 bits per heavy atom. The van der Waals surface area contributed by atoms with Crippen LogP contribution < -0.4 is 20.1 Å². The molecular formula is C16H26IN3O3. The van der Waals surface area contributed by atoms with Crippen LogP contribution in [0.3, 0.4) is 0 Å². The van der Waals surface area contributed by atoms with Crippen molar-refractivity contribution in [2.45, 2.75) is 13.5 Å². The summed E-state index contributed by atoms with van der Waals surface area (Å²) in [6, 6.07) is 5.78. The molecule has 130 valence electrons. The minimum atomic E-state index is 0. The first-order chi connectivity index (χ1) is 10.6. The number of ether oxygens (including phenoxy) is 3. The number of guanidine groups is 1. The zero-order valence-corrected chi connectivity index (χ0v) is 16.5. The SMILES string of the molecule is CN=C(NCc1ccc(OC)cc1OC)NCC1(C)COC1.I. The van der Waals surface area contributed by atoms with Crippen LogP contribution in [0.5, 0.6) is 11.5 Å². The van der Waals surface area contributed by atoms with Crippen molar-refractivity contribution >= 4 is 29.9 Å². The Morgan fingerprint density at radius 2 is 2.00 bits per heavy atom. The molecule has 1 aliphatic heterocycles. The van der Waals surface area contributed by atoms with Gasteiger partial charge in [0, 0.05) is 37.2 Å². The van der Waals surface area contributed by atoms with Gasteiger partial charge >= 0.3 is 0 Å². The smallest absolute Gasteiger partial charge is 0.191 e. The summed E-state index contributed by atoms with van der Waals surface area (Å²) in [4.78, 5) is 4.24. The molecule has 23 heavy (non-hydrogen) atoms. The van der Waals surface area contributed by atoms with Crippen LogP contribution in [0.2, 0.25) is 0 Å². The summed E-state index contributed by atoms with van der Waals surface area (Å²) in [6.45, 7) is 5.25. The third kappa shape index (κ3) is 5.42. The van der Waals surface area contributed by atoms with E-state index >= 15 is 0 Å². The summed E-state index contributed by atoms with van der Waals surface area (Å²) in [5.41, 5.74) is 1.25. The third-order valence-electron chi connectivity index (χ3n) is 3.75. The number of rotatable bonds is 6. The van der Waals surface area contributed by atoms with Crippen molar-refractivity contribution in [2.24, 2.45) is 10.4 Å². The second-order valence-corrected chi connectivity index (χ2v) is 5.76. The van der Waals surface area contributed by atoms with Gasteiger partial charge in [-0.25, -0.2) is 0 Å². The normalized spacial score (nSPS) is 15.9. The summed E-state index contributed by atoms with van der Waals surface area (Å²) in [7, 11) is 5.06. The highest BCUT2D eigenvalue weighted by atomic mass is 127. The molecule has 1 heterocycles. The first kappa shape index (κ1) is 19.8. The minimum absolute atomic E-state index is 0. The molecule has 7 heteroatoms. The van der Waals surface area contributed by atoms with Gasteiger partial charge in [-0.15, -0.1) is 24.0 Å². The van der Waals surface area contributed by atoms with Crippen LogP contribution >= 0.6 is 24.0 Å². The van der Waals surface area contributed by atoms with Gasteiger partial charge in [-0.1, -0.05) is 6.92 Å². The molecular weight excluding hydrogens is 409 g/mol. The largest absolute Gasteiger partial charge is 0.497 e. The molecule has 2 rings (SSSR count). The van der Waals surface area contributed by atoms with Crippen molar-refractivity contribution in [3.8, 4) is 11.5 Å². The molecule has 1 aromatic rings. The van der Waals surface area contributed by atoms with Crippen LogP contribution in [0.15, 0.2) is 23.2 Å². The molecule has 2 N–H and O–H groups in total. The summed E-state index contributed by atoms with van der Waals surface area (Å²) in [6.07, 6.45) is 0. The zero-order chi connectivity index (χ0) is 16.0. The van der Waals surface area contributed by atoms with Gasteiger partial charge in [0.15, 0.2) is 5.96 Å². The summed E-state index contributed by atoms with van der Waals surface area (Å²) in [5.74, 6) is 2.34. The molecule has 0 aromatic heterocycles. The maximum Gasteiger partial charge on any atom is 0.191 e. The molecule has 0 amide bonds. The van der Waals surface area contributed by atoms with E-state index in [2.05, 4.69) is 22.5 Å². The highest BCUT2D eigenvalue weighted by Gasteiger charge is 2.33. The highest BCUT2D eigenvalue weighted by Crippen LogP contribution is 2.25. The number of hydrogen-bond donors (Lipinski definition) is 2. The molecule has 1 saturated heterocycles. The zero-order valence-electron chi connectivity index (χ0n) is 14.1. The van der Waals surface area contributed by atoms with Gasteiger partial charge < -0.3 is 24.8 Å². The molecule has 1 fully saturated rings. The Balaban J connectivity index is 0.00000264. The van der Waals surface area contributed by atoms with Gasteiger partial charge in [0.1, 0.15) is 11.5 Å². The minimum Gasteiger partial charge on any atom is -0.497 e. The quantitative estimate of drug-likeness (QED) is 0.407. The van der Waals surface area contributed by atoms with Crippen molar-refractivity contribution in [2.75, 3.05) is 41.0 Å². The number of nitrogens with zero attached hydrogens (tertiary/aromatic N) is 1. The highest BCUT2D eigenvalue weighted by molar-refractivity contribution is 14.0. The van der Waals surface area contributed by atoms with Gasteiger partial charge in [-0.2, -0.15) is 0 Å². The van der Waals surface area contributed by atoms with E-state index in [4.69, 9.17) is 14.2 Å². The lowest BCUT2D eigenvalue weighted by molar-refractivity contribution is -0.0971. The topological polar surface area (TPSA) is 64.1 Å². The van der Waals surface area contributed by atoms with E-state index in [1.807, 2.05) is 18.2 Å². The van der Waals surface area contributed by atoms with Gasteiger partial charge in [-0.05, 0) is 12.1 Å². The van der Waals surface area contributed by atoms with E-state index in [1.54, 1.807) is 21.3 Å². The van der Waals surface area contributed by atoms with Crippen LogP contribution in [0, 0.1) is 5.41 Å². The lowest BCUT2D eigenvalue weighted by atomic mass is 9.89. The van der Waals surface area contributed by atoms with E-state index in [0.29, 0.717) is 6.54 Å². The van der Waals surface area contributed by atoms with Crippen LogP contribution in [0.1, 0.15) is 12.5 Å². The van der Waals surface area contributed by atoms with Crippen molar-refractivity contribution in [1.29, 1.82) is 0 Å². The number of methoxy groups -OCH3 is 2. The molecule has 0 atom stereocenters. The molecule has 1 aromatic carbocycles. The predicted octanol–water partition coefficient (Wildman–Crippen LogP) is 2.02. The van der Waals surface area contributed by atoms with E-state index in [9.17, 15) is 0 Å². The number of halogens is 1. The first-order valence-corrected chi connectivity index (χ1v) is 7.33. The van der Waals surface area contributed by atoms with Crippen molar-refractivity contribution in [3.63, 3.8) is 0 Å². The predicted molar refractivity (Wildman–Crippen MR) is 102 cm³/mol. The van der Waals surface area contributed by atoms with E-state index < -0.39 is 0 Å². The first-order valence-electron chi connectivity index (χ1n) is 7.33. The molecule has 0 unspecified atom stereocenters. The van der Waals surface area contributed by atoms with Crippen molar-refractivity contribution in [1.82, 2.24) is 10.6 Å². The Bertz CT molecular complexity index is 533. The van der Waals surface area contributed by atoms with Crippen LogP contribution in [-0.4, -0.2) is 47.0 Å². The fraction of sp³-hybridized carbons (Fsp3) is 0.562. The van der Waals surface area contributed by atoms with Crippen LogP contribution in [0.4, 0.5) is 0 Å². The molecule has 0 aliphatic carbocycles. The summed E-state index contributed by atoms with van der Waals surface area (Å²) in [5, 5.41) is 6.63. The van der Waals surface area contributed by atoms with Crippen molar-refractivity contribution in [3.05, 3.63) is 23.8 Å². The molecule has 0 spiro atoms. The summed E-state index contributed by atoms with van der Waals surface area (Å²) >= 11 is 0. The molecule has 1 aliphatic rings. The van der Waals surface area contributed by atoms with E-state index in [-0.39, 0.29) is 29.4 Å². The molecule has 6 nitrogen and oxygen atoms in total. The second-order valence-electron chi connectivity index (χ2n) is 5.76. The Labute approximate surface area is 155 Å². The molecule has 0 saturated carbocycles. The fourth-order valence-corrected chi connectivity index (χ4v) is 2.25. The lowest BCUT2D eigenvalue weighted by Gasteiger charge is -2.38. The second kappa shape index (κ2) is 9.17. The Morgan fingerprint density at radius 1 is 1.26 bits per heavy atom. The standard InChI is InChI=1S/C16H25N3O3.HI/c1-16(10-22-11-16)9-19-15(17-2)18-8-12-5-6-13(20-3)7-14(12)21-4;/h5-7H,8-11H2,1-4H3,(H2,17,18,19);1H. The average Bonchev–Trinajstić information content (AvgIpc) is 2.53. The number of nitrogens with one attached hydrogen (secondary N) is 2. The Hall–Kier alpha value is -1.22. The number of hydrogen-bond acceptors (Lipinski definition) is 4. The van der Waals surface area contributed by atoms with Gasteiger partial charge in [0.25, 0.3) is 0 Å². The van der Waals surface area contributed by atoms with E-state index in [1.165, 1.54) is 0 Å². The van der Waals surface area contributed by atoms with Gasteiger partial charge in [0.2, 0.25) is 0 Å². The molecule has 0 radical (unpaired) electrons. The van der Waals surface area contributed by atoms with Gasteiger partial charge in [-0.3, -0.25) is 4.99 Å². The van der Waals surface area contributed by atoms with Gasteiger partial charge in [0.05, 0.1) is 27.4 Å². The average molecular weight is 435 g/mol. The third-order valence-corrected chi connectivity index (χ3v) is 3.75. The van der Waals surface area contributed by atoms with Crippen LogP contribution in [-0.2, 0) is 11.3 Å². The summed E-state index contributed by atoms with van der Waals surface area (Å²) < 4.78 is 15.9.